The zero-order valence-electron chi connectivity index (χ0n) is 18.0. The maximum Gasteiger partial charge on any atom is 0.459 e. The zero-order chi connectivity index (χ0) is 20.7. The summed E-state index contributed by atoms with van der Waals surface area (Å²) in [5, 5.41) is 0. The average molecular weight is 383 g/mol. The summed E-state index contributed by atoms with van der Waals surface area (Å²) < 4.78 is 22.8. The first kappa shape index (κ1) is 22.0. The van der Waals surface area contributed by atoms with E-state index >= 15 is 0 Å². The van der Waals surface area contributed by atoms with E-state index in [-0.39, 0.29) is 12.5 Å². The van der Waals surface area contributed by atoms with Gasteiger partial charge in [-0.1, -0.05) is 0 Å². The van der Waals surface area contributed by atoms with E-state index in [1.807, 2.05) is 48.5 Å². The molecule has 27 heavy (non-hydrogen) atoms. The van der Waals surface area contributed by atoms with Crippen LogP contribution in [0.15, 0.2) is 0 Å². The Labute approximate surface area is 163 Å². The molecule has 0 spiro atoms. The highest BCUT2D eigenvalue weighted by Crippen LogP contribution is 2.44. The molecule has 1 atom stereocenters. The molecule has 0 aromatic rings. The first-order valence-electron chi connectivity index (χ1n) is 9.63. The van der Waals surface area contributed by atoms with Gasteiger partial charge in [0, 0.05) is 19.4 Å². The number of hydrogen-bond acceptors (Lipinski definition) is 6. The van der Waals surface area contributed by atoms with Crippen LogP contribution < -0.4 is 0 Å². The maximum absolute atomic E-state index is 12.7. The maximum atomic E-state index is 12.7. The van der Waals surface area contributed by atoms with Gasteiger partial charge in [-0.05, 0) is 61.3 Å². The largest absolute Gasteiger partial charge is 0.469 e. The standard InChI is InChI=1S/C19H34BNO6/c1-16(2,3)25-15(23)21-11-9-10-19(13-21,14(22)24-8)12-20-26-17(4,5)18(6,7)27-20/h9-13H2,1-8H3. The summed E-state index contributed by atoms with van der Waals surface area (Å²) in [6.45, 7) is 14.2. The highest BCUT2D eigenvalue weighted by molar-refractivity contribution is 6.46. The number of methoxy groups -OCH3 is 1. The molecule has 7 nitrogen and oxygen atoms in total. The van der Waals surface area contributed by atoms with Gasteiger partial charge in [-0.15, -0.1) is 0 Å². The van der Waals surface area contributed by atoms with Crippen LogP contribution in [0.1, 0.15) is 61.3 Å². The molecule has 2 aliphatic rings. The fraction of sp³-hybridized carbons (Fsp3) is 0.895. The Bertz CT molecular complexity index is 569. The van der Waals surface area contributed by atoms with E-state index in [0.717, 1.165) is 0 Å². The molecule has 0 aromatic heterocycles. The van der Waals surface area contributed by atoms with E-state index < -0.39 is 35.4 Å². The average Bonchev–Trinajstić information content (AvgIpc) is 2.71. The van der Waals surface area contributed by atoms with E-state index in [2.05, 4.69) is 0 Å². The van der Waals surface area contributed by atoms with Crippen LogP contribution >= 0.6 is 0 Å². The van der Waals surface area contributed by atoms with Crippen LogP contribution in [0.25, 0.3) is 0 Å². The molecule has 1 unspecified atom stereocenters. The van der Waals surface area contributed by atoms with Crippen molar-refractivity contribution in [3.63, 3.8) is 0 Å². The summed E-state index contributed by atoms with van der Waals surface area (Å²) in [5.74, 6) is -0.342. The van der Waals surface area contributed by atoms with Crippen LogP contribution in [0.3, 0.4) is 0 Å². The normalized spacial score (nSPS) is 27.4. The van der Waals surface area contributed by atoms with Crippen molar-refractivity contribution in [1.82, 2.24) is 4.90 Å². The number of carbonyl (C=O) groups is 2. The molecule has 0 saturated carbocycles. The van der Waals surface area contributed by atoms with E-state index in [1.165, 1.54) is 7.11 Å². The number of piperidine rings is 1. The third kappa shape index (κ3) is 4.77. The lowest BCUT2D eigenvalue weighted by atomic mass is 9.64. The fourth-order valence-corrected chi connectivity index (χ4v) is 3.61. The third-order valence-electron chi connectivity index (χ3n) is 5.71. The number of rotatable bonds is 3. The molecule has 2 heterocycles. The molecule has 0 aromatic carbocycles. The van der Waals surface area contributed by atoms with Crippen molar-refractivity contribution in [2.24, 2.45) is 5.41 Å². The van der Waals surface area contributed by atoms with E-state index in [4.69, 9.17) is 18.8 Å². The molecule has 2 fully saturated rings. The number of nitrogens with zero attached hydrogens (tertiary/aromatic N) is 1. The van der Waals surface area contributed by atoms with Crippen molar-refractivity contribution in [2.75, 3.05) is 20.2 Å². The van der Waals surface area contributed by atoms with Crippen molar-refractivity contribution in [2.45, 2.75) is 84.4 Å². The predicted octanol–water partition coefficient (Wildman–Crippen LogP) is 3.27. The smallest absolute Gasteiger partial charge is 0.459 e. The Morgan fingerprint density at radius 2 is 1.67 bits per heavy atom. The van der Waals surface area contributed by atoms with Gasteiger partial charge < -0.3 is 23.7 Å². The van der Waals surface area contributed by atoms with Gasteiger partial charge >= 0.3 is 19.2 Å². The molecule has 2 rings (SSSR count). The third-order valence-corrected chi connectivity index (χ3v) is 5.71. The molecule has 1 amide bonds. The first-order valence-corrected chi connectivity index (χ1v) is 9.63. The topological polar surface area (TPSA) is 74.3 Å². The van der Waals surface area contributed by atoms with Crippen LogP contribution in [0.5, 0.6) is 0 Å². The summed E-state index contributed by atoms with van der Waals surface area (Å²) in [6.07, 6.45) is 1.23. The Hall–Kier alpha value is -1.28. The zero-order valence-corrected chi connectivity index (χ0v) is 18.0. The summed E-state index contributed by atoms with van der Waals surface area (Å²) in [5.41, 5.74) is -2.41. The van der Waals surface area contributed by atoms with Crippen molar-refractivity contribution in [1.29, 1.82) is 0 Å². The van der Waals surface area contributed by atoms with E-state index in [0.29, 0.717) is 25.7 Å². The number of ether oxygens (including phenoxy) is 2. The van der Waals surface area contributed by atoms with E-state index in [9.17, 15) is 9.59 Å². The van der Waals surface area contributed by atoms with Gasteiger partial charge in [-0.2, -0.15) is 0 Å². The van der Waals surface area contributed by atoms with Crippen molar-refractivity contribution in [3.05, 3.63) is 0 Å². The second-order valence-electron chi connectivity index (χ2n) is 9.67. The summed E-state index contributed by atoms with van der Waals surface area (Å²) in [7, 11) is 0.841. The highest BCUT2D eigenvalue weighted by Gasteiger charge is 2.56. The molecule has 0 N–H and O–H groups in total. The van der Waals surface area contributed by atoms with Gasteiger partial charge in [-0.3, -0.25) is 4.79 Å². The Balaban J connectivity index is 2.19. The minimum absolute atomic E-state index is 0.235. The molecular formula is C19H34BNO6. The Morgan fingerprint density at radius 3 is 2.15 bits per heavy atom. The lowest BCUT2D eigenvalue weighted by Gasteiger charge is -2.41. The SMILES string of the molecule is COC(=O)C1(CB2OC(C)(C)C(C)(C)O2)CCCN(C(=O)OC(C)(C)C)C1. The highest BCUT2D eigenvalue weighted by atomic mass is 16.7. The number of esters is 1. The molecule has 0 radical (unpaired) electrons. The van der Waals surface area contributed by atoms with Gasteiger partial charge in [0.1, 0.15) is 5.60 Å². The number of carbonyl (C=O) groups excluding carboxylic acids is 2. The summed E-state index contributed by atoms with van der Waals surface area (Å²) in [6, 6.07) is 0. The van der Waals surface area contributed by atoms with Gasteiger partial charge in [0.05, 0.1) is 23.7 Å². The van der Waals surface area contributed by atoms with Gasteiger partial charge in [0.2, 0.25) is 0 Å². The number of amides is 1. The van der Waals surface area contributed by atoms with Gasteiger partial charge in [0.25, 0.3) is 0 Å². The van der Waals surface area contributed by atoms with Crippen LogP contribution in [0, 0.1) is 5.41 Å². The monoisotopic (exact) mass is 383 g/mol. The van der Waals surface area contributed by atoms with Crippen LogP contribution in [0.4, 0.5) is 4.79 Å². The summed E-state index contributed by atoms with van der Waals surface area (Å²) in [4.78, 5) is 26.9. The lowest BCUT2D eigenvalue weighted by molar-refractivity contribution is -0.155. The number of likely N-dealkylation sites (tertiary alicyclic amines) is 1. The van der Waals surface area contributed by atoms with Gasteiger partial charge in [0.15, 0.2) is 0 Å². The number of hydrogen-bond donors (Lipinski definition) is 0. The molecule has 0 bridgehead atoms. The second kappa shape index (κ2) is 7.28. The summed E-state index contributed by atoms with van der Waals surface area (Å²) >= 11 is 0. The second-order valence-corrected chi connectivity index (χ2v) is 9.67. The van der Waals surface area contributed by atoms with Crippen molar-refractivity contribution >= 4 is 19.2 Å². The first-order chi connectivity index (χ1) is 12.2. The minimum Gasteiger partial charge on any atom is -0.469 e. The molecule has 0 aliphatic carbocycles. The molecule has 2 saturated heterocycles. The van der Waals surface area contributed by atoms with Crippen LogP contribution in [-0.4, -0.2) is 61.1 Å². The van der Waals surface area contributed by atoms with Crippen molar-refractivity contribution < 1.29 is 28.4 Å². The molecule has 2 aliphatic heterocycles. The van der Waals surface area contributed by atoms with Gasteiger partial charge in [-0.25, -0.2) is 4.79 Å². The van der Waals surface area contributed by atoms with E-state index in [1.54, 1.807) is 4.90 Å². The molecular weight excluding hydrogens is 349 g/mol. The van der Waals surface area contributed by atoms with Crippen molar-refractivity contribution in [3.8, 4) is 0 Å². The Kier molecular flexibility index (Phi) is 5.94. The fourth-order valence-electron chi connectivity index (χ4n) is 3.61. The molecule has 8 heteroatoms. The Morgan fingerprint density at radius 1 is 1.11 bits per heavy atom. The minimum atomic E-state index is -0.870. The quantitative estimate of drug-likeness (QED) is 0.550. The lowest BCUT2D eigenvalue weighted by Crippen LogP contribution is -2.53. The predicted molar refractivity (Wildman–Crippen MR) is 102 cm³/mol. The van der Waals surface area contributed by atoms with Crippen LogP contribution in [0.2, 0.25) is 6.32 Å². The molecule has 154 valence electrons. The van der Waals surface area contributed by atoms with Crippen LogP contribution in [-0.2, 0) is 23.6 Å².